The summed E-state index contributed by atoms with van der Waals surface area (Å²) in [5.41, 5.74) is 1.61. The number of likely N-dealkylation sites (tertiary alicyclic amines) is 1. The quantitative estimate of drug-likeness (QED) is 0.627. The molecule has 2 heterocycles. The van der Waals surface area contributed by atoms with Crippen LogP contribution in [0.4, 0.5) is 5.69 Å². The Morgan fingerprint density at radius 2 is 1.72 bits per heavy atom. The zero-order valence-corrected chi connectivity index (χ0v) is 13.9. The lowest BCUT2D eigenvalue weighted by Gasteiger charge is -2.20. The summed E-state index contributed by atoms with van der Waals surface area (Å²) < 4.78 is 0. The Morgan fingerprint density at radius 1 is 1.00 bits per heavy atom. The molecule has 5 nitrogen and oxygen atoms in total. The normalized spacial score (nSPS) is 33.0. The van der Waals surface area contributed by atoms with E-state index in [2.05, 4.69) is 12.2 Å². The predicted octanol–water partition coefficient (Wildman–Crippen LogP) is 2.12. The molecule has 0 unspecified atom stereocenters. The Kier molecular flexibility index (Phi) is 3.14. The standard InChI is InChI=1S/C20H20N2O3/c23-16-5-2-8-21(16)11-12-3-1-4-15(9-12)22-19(24)17-13-6-7-14(10-13)18(17)20(22)25/h1,3-4,6-7,9,13-14,17-18H,2,5,8,10-11H2/t13-,14-,17-,18+/m0/s1. The van der Waals surface area contributed by atoms with Crippen molar-refractivity contribution < 1.29 is 14.4 Å². The second-order valence-corrected chi connectivity index (χ2v) is 7.60. The maximum atomic E-state index is 12.9. The number of rotatable bonds is 3. The second-order valence-electron chi connectivity index (χ2n) is 7.60. The minimum Gasteiger partial charge on any atom is -0.338 e. The van der Waals surface area contributed by atoms with Crippen LogP contribution in [0.25, 0.3) is 0 Å². The lowest BCUT2D eigenvalue weighted by Crippen LogP contribution is -2.33. The van der Waals surface area contributed by atoms with Crippen molar-refractivity contribution in [3.63, 3.8) is 0 Å². The number of hydrogen-bond acceptors (Lipinski definition) is 3. The van der Waals surface area contributed by atoms with Gasteiger partial charge in [0.05, 0.1) is 17.5 Å². The Labute approximate surface area is 146 Å². The van der Waals surface area contributed by atoms with Gasteiger partial charge in [0.1, 0.15) is 0 Å². The first-order valence-electron chi connectivity index (χ1n) is 9.06. The molecule has 0 radical (unpaired) electrons. The molecule has 2 aliphatic carbocycles. The molecule has 1 aromatic rings. The smallest absolute Gasteiger partial charge is 0.238 e. The summed E-state index contributed by atoms with van der Waals surface area (Å²) in [6.07, 6.45) is 6.67. The molecule has 128 valence electrons. The fourth-order valence-corrected chi connectivity index (χ4v) is 5.04. The second kappa shape index (κ2) is 5.28. The topological polar surface area (TPSA) is 57.7 Å². The molecule has 0 N–H and O–H groups in total. The predicted molar refractivity (Wildman–Crippen MR) is 91.3 cm³/mol. The van der Waals surface area contributed by atoms with Crippen molar-refractivity contribution in [3.05, 3.63) is 42.0 Å². The van der Waals surface area contributed by atoms with Crippen LogP contribution in [0.3, 0.4) is 0 Å². The molecule has 25 heavy (non-hydrogen) atoms. The number of allylic oxidation sites excluding steroid dienone is 2. The van der Waals surface area contributed by atoms with E-state index in [9.17, 15) is 14.4 Å². The van der Waals surface area contributed by atoms with Gasteiger partial charge in [-0.15, -0.1) is 0 Å². The SMILES string of the molecule is O=C1CCCN1Cc1cccc(N2C(=O)[C@@H]3[C@H](C2=O)[C@H]2C=C[C@H]3C2)c1. The molecule has 2 aliphatic heterocycles. The van der Waals surface area contributed by atoms with E-state index in [1.807, 2.05) is 29.2 Å². The summed E-state index contributed by atoms with van der Waals surface area (Å²) in [5.74, 6) is 0.166. The van der Waals surface area contributed by atoms with Crippen molar-refractivity contribution in [3.8, 4) is 0 Å². The average molecular weight is 336 g/mol. The van der Waals surface area contributed by atoms with Gasteiger partial charge < -0.3 is 4.90 Å². The maximum Gasteiger partial charge on any atom is 0.238 e. The van der Waals surface area contributed by atoms with Crippen molar-refractivity contribution >= 4 is 23.4 Å². The fraction of sp³-hybridized carbons (Fsp3) is 0.450. The first-order valence-corrected chi connectivity index (χ1v) is 9.06. The van der Waals surface area contributed by atoms with Gasteiger partial charge in [0.25, 0.3) is 0 Å². The van der Waals surface area contributed by atoms with Gasteiger partial charge in [-0.2, -0.15) is 0 Å². The first-order chi connectivity index (χ1) is 12.1. The lowest BCUT2D eigenvalue weighted by molar-refractivity contribution is -0.128. The number of imide groups is 1. The van der Waals surface area contributed by atoms with E-state index < -0.39 is 0 Å². The van der Waals surface area contributed by atoms with Crippen LogP contribution in [0.2, 0.25) is 0 Å². The van der Waals surface area contributed by atoms with Gasteiger partial charge in [-0.25, -0.2) is 0 Å². The van der Waals surface area contributed by atoms with E-state index in [-0.39, 0.29) is 41.4 Å². The van der Waals surface area contributed by atoms with Crippen LogP contribution in [0.5, 0.6) is 0 Å². The molecular formula is C20H20N2O3. The van der Waals surface area contributed by atoms with Gasteiger partial charge in [0.2, 0.25) is 17.7 Å². The van der Waals surface area contributed by atoms with Gasteiger partial charge >= 0.3 is 0 Å². The summed E-state index contributed by atoms with van der Waals surface area (Å²) in [4.78, 5) is 40.9. The molecule has 3 amide bonds. The molecule has 2 saturated heterocycles. The van der Waals surface area contributed by atoms with E-state index in [0.29, 0.717) is 18.7 Å². The highest BCUT2D eigenvalue weighted by atomic mass is 16.2. The molecule has 1 saturated carbocycles. The molecule has 5 rings (SSSR count). The van der Waals surface area contributed by atoms with Crippen molar-refractivity contribution in [1.29, 1.82) is 0 Å². The summed E-state index contributed by atoms with van der Waals surface area (Å²) in [5, 5.41) is 0. The molecule has 2 bridgehead atoms. The van der Waals surface area contributed by atoms with Crippen LogP contribution in [0.1, 0.15) is 24.8 Å². The van der Waals surface area contributed by atoms with E-state index in [0.717, 1.165) is 24.9 Å². The van der Waals surface area contributed by atoms with E-state index in [1.54, 1.807) is 0 Å². The Balaban J connectivity index is 1.42. The number of hydrogen-bond donors (Lipinski definition) is 0. The minimum atomic E-state index is -0.175. The molecule has 4 atom stereocenters. The number of benzene rings is 1. The highest BCUT2D eigenvalue weighted by Gasteiger charge is 2.59. The van der Waals surface area contributed by atoms with Crippen molar-refractivity contribution in [2.24, 2.45) is 23.7 Å². The Hall–Kier alpha value is -2.43. The van der Waals surface area contributed by atoms with Crippen molar-refractivity contribution in [2.45, 2.75) is 25.8 Å². The van der Waals surface area contributed by atoms with Crippen LogP contribution in [0.15, 0.2) is 36.4 Å². The average Bonchev–Trinajstić information content (AvgIpc) is 3.35. The number of anilines is 1. The van der Waals surface area contributed by atoms with Crippen LogP contribution in [-0.2, 0) is 20.9 Å². The third kappa shape index (κ3) is 2.11. The van der Waals surface area contributed by atoms with Gasteiger partial charge in [0.15, 0.2) is 0 Å². The van der Waals surface area contributed by atoms with E-state index in [4.69, 9.17) is 0 Å². The van der Waals surface area contributed by atoms with Crippen molar-refractivity contribution in [1.82, 2.24) is 4.90 Å². The number of carbonyl (C=O) groups is 3. The monoisotopic (exact) mass is 336 g/mol. The summed E-state index contributed by atoms with van der Waals surface area (Å²) in [7, 11) is 0. The number of carbonyl (C=O) groups excluding carboxylic acids is 3. The molecule has 0 aromatic heterocycles. The largest absolute Gasteiger partial charge is 0.338 e. The third-order valence-corrected chi connectivity index (χ3v) is 6.18. The maximum absolute atomic E-state index is 12.9. The number of amides is 3. The first kappa shape index (κ1) is 14.9. The molecular weight excluding hydrogens is 316 g/mol. The van der Waals surface area contributed by atoms with Gasteiger partial charge in [-0.05, 0) is 42.4 Å². The van der Waals surface area contributed by atoms with Crippen LogP contribution in [-0.4, -0.2) is 29.2 Å². The van der Waals surface area contributed by atoms with Crippen LogP contribution in [0, 0.1) is 23.7 Å². The Morgan fingerprint density at radius 3 is 2.36 bits per heavy atom. The van der Waals surface area contributed by atoms with Crippen LogP contribution < -0.4 is 4.90 Å². The van der Waals surface area contributed by atoms with Gasteiger partial charge in [-0.3, -0.25) is 19.3 Å². The minimum absolute atomic E-state index is 0.0544. The van der Waals surface area contributed by atoms with Crippen molar-refractivity contribution in [2.75, 3.05) is 11.4 Å². The zero-order valence-electron chi connectivity index (χ0n) is 13.9. The molecule has 4 aliphatic rings. The van der Waals surface area contributed by atoms with E-state index >= 15 is 0 Å². The molecule has 5 heteroatoms. The Bertz CT molecular complexity index is 785. The van der Waals surface area contributed by atoms with Crippen LogP contribution >= 0.6 is 0 Å². The van der Waals surface area contributed by atoms with Gasteiger partial charge in [-0.1, -0.05) is 24.3 Å². The zero-order chi connectivity index (χ0) is 17.1. The number of fused-ring (bicyclic) bond motifs is 5. The summed E-state index contributed by atoms with van der Waals surface area (Å²) in [6.45, 7) is 1.33. The molecule has 1 aromatic carbocycles. The lowest BCUT2D eigenvalue weighted by atomic mass is 9.85. The number of nitrogens with zero attached hydrogens (tertiary/aromatic N) is 2. The molecule has 3 fully saturated rings. The summed E-state index contributed by atoms with van der Waals surface area (Å²) in [6, 6.07) is 7.53. The van der Waals surface area contributed by atoms with E-state index in [1.165, 1.54) is 4.90 Å². The molecule has 0 spiro atoms. The third-order valence-electron chi connectivity index (χ3n) is 6.18. The van der Waals surface area contributed by atoms with Gasteiger partial charge in [0, 0.05) is 19.5 Å². The highest BCUT2D eigenvalue weighted by Crippen LogP contribution is 2.53. The fourth-order valence-electron chi connectivity index (χ4n) is 5.04. The highest BCUT2D eigenvalue weighted by molar-refractivity contribution is 6.22. The summed E-state index contributed by atoms with van der Waals surface area (Å²) >= 11 is 0.